The number of methoxy groups -OCH3 is 1. The van der Waals surface area contributed by atoms with Crippen LogP contribution >= 0.6 is 0 Å². The molecule has 8 nitrogen and oxygen atoms in total. The quantitative estimate of drug-likeness (QED) is 0.631. The molecule has 0 spiro atoms. The fourth-order valence-electron chi connectivity index (χ4n) is 2.41. The number of rotatable bonds is 6. The molecule has 2 heterocycles. The lowest BCUT2D eigenvalue weighted by Crippen LogP contribution is -2.10. The first kappa shape index (κ1) is 15.6. The van der Waals surface area contributed by atoms with E-state index in [9.17, 15) is 9.90 Å². The molecule has 0 amide bonds. The van der Waals surface area contributed by atoms with Gasteiger partial charge >= 0.3 is 5.97 Å². The Morgan fingerprint density at radius 1 is 1.29 bits per heavy atom. The molecule has 1 aromatic carbocycles. The number of carboxylic acid groups (broad SMARTS) is 1. The lowest BCUT2D eigenvalue weighted by Gasteiger charge is -2.09. The summed E-state index contributed by atoms with van der Waals surface area (Å²) in [6.45, 7) is 0.654. The number of benzene rings is 1. The second kappa shape index (κ2) is 6.45. The zero-order chi connectivity index (χ0) is 17.1. The number of nitrogens with two attached hydrogens (primary N) is 1. The Morgan fingerprint density at radius 2 is 2.04 bits per heavy atom. The fraction of sp³-hybridized carbons (Fsp3) is 0.188. The van der Waals surface area contributed by atoms with Crippen LogP contribution in [0.1, 0.15) is 16.1 Å². The Morgan fingerprint density at radius 3 is 2.71 bits per heavy atom. The Balaban J connectivity index is 1.75. The number of hydrogen-bond acceptors (Lipinski definition) is 6. The van der Waals surface area contributed by atoms with Crippen LogP contribution in [0, 0.1) is 0 Å². The topological polar surface area (TPSA) is 115 Å². The molecule has 3 rings (SSSR count). The van der Waals surface area contributed by atoms with E-state index in [1.165, 1.54) is 10.6 Å². The van der Waals surface area contributed by atoms with E-state index in [-0.39, 0.29) is 11.6 Å². The predicted molar refractivity (Wildman–Crippen MR) is 89.5 cm³/mol. The average Bonchev–Trinajstić information content (AvgIpc) is 2.96. The van der Waals surface area contributed by atoms with E-state index in [0.29, 0.717) is 17.9 Å². The Bertz CT molecular complexity index is 873. The maximum atomic E-state index is 11.2. The largest absolute Gasteiger partial charge is 0.497 e. The number of aromatic nitrogens is 3. The molecule has 0 radical (unpaired) electrons. The number of pyridine rings is 1. The minimum absolute atomic E-state index is 0.00917. The molecule has 0 saturated heterocycles. The second-order valence-electron chi connectivity index (χ2n) is 5.17. The molecule has 3 aromatic rings. The van der Waals surface area contributed by atoms with Gasteiger partial charge in [0.25, 0.3) is 0 Å². The van der Waals surface area contributed by atoms with Crippen LogP contribution in [-0.4, -0.2) is 39.3 Å². The Hall–Kier alpha value is -3.29. The maximum absolute atomic E-state index is 11.2. The van der Waals surface area contributed by atoms with Gasteiger partial charge in [-0.2, -0.15) is 4.98 Å². The van der Waals surface area contributed by atoms with Crippen molar-refractivity contribution < 1.29 is 14.6 Å². The van der Waals surface area contributed by atoms with Crippen molar-refractivity contribution >= 4 is 23.3 Å². The van der Waals surface area contributed by atoms with Crippen molar-refractivity contribution in [2.75, 3.05) is 24.7 Å². The summed E-state index contributed by atoms with van der Waals surface area (Å²) >= 11 is 0. The molecular formula is C16H17N5O3. The molecule has 0 bridgehead atoms. The smallest absolute Gasteiger partial charge is 0.354 e. The van der Waals surface area contributed by atoms with Crippen molar-refractivity contribution in [2.45, 2.75) is 6.42 Å². The molecule has 0 aliphatic heterocycles. The highest BCUT2D eigenvalue weighted by Crippen LogP contribution is 2.19. The summed E-state index contributed by atoms with van der Waals surface area (Å²) in [5.41, 5.74) is 7.83. The van der Waals surface area contributed by atoms with Gasteiger partial charge in [0.05, 0.1) is 12.8 Å². The number of nitrogens with zero attached hydrogens (tertiary/aromatic N) is 3. The summed E-state index contributed by atoms with van der Waals surface area (Å²) in [5, 5.41) is 16.4. The highest BCUT2D eigenvalue weighted by molar-refractivity contribution is 5.88. The van der Waals surface area contributed by atoms with Gasteiger partial charge in [-0.15, -0.1) is 5.10 Å². The summed E-state index contributed by atoms with van der Waals surface area (Å²) < 4.78 is 6.36. The van der Waals surface area contributed by atoms with E-state index in [0.717, 1.165) is 17.7 Å². The molecule has 124 valence electrons. The van der Waals surface area contributed by atoms with Crippen LogP contribution in [0.15, 0.2) is 36.4 Å². The standard InChI is InChI=1S/C16H17N5O3/c1-24-11-4-2-10(3-5-11)8-9-18-12-6-7-13(15(22)23)21-14(12)19-16(17)20-21/h2-7,18H,8-9H2,1H3,(H2,17,20)(H,22,23). The van der Waals surface area contributed by atoms with Gasteiger partial charge in [-0.3, -0.25) is 0 Å². The first-order valence-electron chi connectivity index (χ1n) is 7.34. The Kier molecular flexibility index (Phi) is 4.19. The van der Waals surface area contributed by atoms with Crippen LogP contribution in [0.2, 0.25) is 0 Å². The minimum atomic E-state index is -1.09. The van der Waals surface area contributed by atoms with Crippen LogP contribution < -0.4 is 15.8 Å². The van der Waals surface area contributed by atoms with Crippen molar-refractivity contribution in [3.8, 4) is 5.75 Å². The highest BCUT2D eigenvalue weighted by atomic mass is 16.5. The SMILES string of the molecule is COc1ccc(CCNc2ccc(C(=O)O)n3nc(N)nc23)cc1. The molecule has 4 N–H and O–H groups in total. The first-order chi connectivity index (χ1) is 11.6. The maximum Gasteiger partial charge on any atom is 0.354 e. The van der Waals surface area contributed by atoms with Gasteiger partial charge in [0.2, 0.25) is 5.95 Å². The third kappa shape index (κ3) is 3.07. The summed E-state index contributed by atoms with van der Waals surface area (Å²) in [4.78, 5) is 15.3. The molecule has 24 heavy (non-hydrogen) atoms. The molecule has 0 fully saturated rings. The summed E-state index contributed by atoms with van der Waals surface area (Å²) in [5.74, 6) is -0.242. The van der Waals surface area contributed by atoms with Gasteiger partial charge in [-0.1, -0.05) is 12.1 Å². The van der Waals surface area contributed by atoms with Gasteiger partial charge in [-0.25, -0.2) is 9.31 Å². The molecule has 2 aromatic heterocycles. The van der Waals surface area contributed by atoms with Crippen molar-refractivity contribution in [1.82, 2.24) is 14.6 Å². The molecule has 8 heteroatoms. The Labute approximate surface area is 137 Å². The minimum Gasteiger partial charge on any atom is -0.497 e. The van der Waals surface area contributed by atoms with Gasteiger partial charge in [-0.05, 0) is 36.2 Å². The number of nitrogens with one attached hydrogen (secondary N) is 1. The molecule has 0 saturated carbocycles. The second-order valence-corrected chi connectivity index (χ2v) is 5.17. The molecular weight excluding hydrogens is 310 g/mol. The van der Waals surface area contributed by atoms with Gasteiger partial charge in [0.1, 0.15) is 5.75 Å². The number of nitrogen functional groups attached to an aromatic ring is 1. The van der Waals surface area contributed by atoms with Gasteiger partial charge in [0.15, 0.2) is 11.3 Å². The predicted octanol–water partition coefficient (Wildman–Crippen LogP) is 1.67. The summed E-state index contributed by atoms with van der Waals surface area (Å²) in [6.07, 6.45) is 0.792. The zero-order valence-corrected chi connectivity index (χ0v) is 13.1. The van der Waals surface area contributed by atoms with E-state index in [1.54, 1.807) is 13.2 Å². The normalized spacial score (nSPS) is 10.7. The zero-order valence-electron chi connectivity index (χ0n) is 13.1. The van der Waals surface area contributed by atoms with Crippen LogP contribution in [0.3, 0.4) is 0 Å². The van der Waals surface area contributed by atoms with Crippen LogP contribution in [0.4, 0.5) is 11.6 Å². The van der Waals surface area contributed by atoms with Crippen molar-refractivity contribution in [1.29, 1.82) is 0 Å². The van der Waals surface area contributed by atoms with Crippen LogP contribution in [0.5, 0.6) is 5.75 Å². The molecule has 0 unspecified atom stereocenters. The number of ether oxygens (including phenoxy) is 1. The van der Waals surface area contributed by atoms with Crippen LogP contribution in [-0.2, 0) is 6.42 Å². The summed E-state index contributed by atoms with van der Waals surface area (Å²) in [7, 11) is 1.63. The van der Waals surface area contributed by atoms with E-state index in [4.69, 9.17) is 10.5 Å². The summed E-state index contributed by atoms with van der Waals surface area (Å²) in [6, 6.07) is 11.0. The highest BCUT2D eigenvalue weighted by Gasteiger charge is 2.14. The lowest BCUT2D eigenvalue weighted by molar-refractivity contribution is 0.0687. The molecule has 0 aliphatic rings. The van der Waals surface area contributed by atoms with Crippen molar-refractivity contribution in [3.63, 3.8) is 0 Å². The number of carboxylic acids is 1. The molecule has 0 aliphatic carbocycles. The first-order valence-corrected chi connectivity index (χ1v) is 7.34. The third-order valence-electron chi connectivity index (χ3n) is 3.61. The van der Waals surface area contributed by atoms with Gasteiger partial charge in [0, 0.05) is 6.54 Å². The lowest BCUT2D eigenvalue weighted by atomic mass is 10.1. The number of carbonyl (C=O) groups is 1. The number of fused-ring (bicyclic) bond motifs is 1. The van der Waals surface area contributed by atoms with E-state index < -0.39 is 5.97 Å². The third-order valence-corrected chi connectivity index (χ3v) is 3.61. The molecule has 0 atom stereocenters. The number of hydrogen-bond donors (Lipinski definition) is 3. The van der Waals surface area contributed by atoms with E-state index in [1.807, 2.05) is 24.3 Å². The van der Waals surface area contributed by atoms with Crippen molar-refractivity contribution in [2.24, 2.45) is 0 Å². The van der Waals surface area contributed by atoms with Crippen molar-refractivity contribution in [3.05, 3.63) is 47.7 Å². The fourth-order valence-corrected chi connectivity index (χ4v) is 2.41. The van der Waals surface area contributed by atoms with E-state index >= 15 is 0 Å². The van der Waals surface area contributed by atoms with Crippen LogP contribution in [0.25, 0.3) is 5.65 Å². The average molecular weight is 327 g/mol. The van der Waals surface area contributed by atoms with Gasteiger partial charge < -0.3 is 20.9 Å². The van der Waals surface area contributed by atoms with E-state index in [2.05, 4.69) is 15.4 Å². The number of anilines is 2. The monoisotopic (exact) mass is 327 g/mol. The number of aromatic carboxylic acids is 1.